The fourth-order valence-corrected chi connectivity index (χ4v) is 1.85. The number of hydrogen-bond acceptors (Lipinski definition) is 2. The van der Waals surface area contributed by atoms with Gasteiger partial charge in [-0.1, -0.05) is 31.9 Å². The molecule has 84 valence electrons. The first-order valence-electron chi connectivity index (χ1n) is 5.78. The second-order valence-corrected chi connectivity index (χ2v) is 3.98. The van der Waals surface area contributed by atoms with E-state index >= 15 is 0 Å². The van der Waals surface area contributed by atoms with Crippen LogP contribution in [0, 0.1) is 10.1 Å². The third kappa shape index (κ3) is 3.86. The Morgan fingerprint density at radius 1 is 1.40 bits per heavy atom. The van der Waals surface area contributed by atoms with Gasteiger partial charge < -0.3 is 0 Å². The monoisotopic (exact) mass is 209 g/mol. The van der Waals surface area contributed by atoms with Crippen LogP contribution in [-0.4, -0.2) is 4.92 Å². The van der Waals surface area contributed by atoms with Crippen LogP contribution < -0.4 is 0 Å². The molecule has 0 atom stereocenters. The number of nitro groups is 1. The Labute approximate surface area is 91.0 Å². The summed E-state index contributed by atoms with van der Waals surface area (Å²) in [5.41, 5.74) is 1.39. The molecule has 0 aliphatic heterocycles. The molecule has 1 aliphatic rings. The van der Waals surface area contributed by atoms with E-state index in [4.69, 9.17) is 0 Å². The van der Waals surface area contributed by atoms with Crippen molar-refractivity contribution < 1.29 is 4.92 Å². The van der Waals surface area contributed by atoms with Gasteiger partial charge in [0.2, 0.25) is 5.70 Å². The SMILES string of the molecule is CCCC/C=C/C1=C([N+](=O)[O-])CCCC1. The van der Waals surface area contributed by atoms with Crippen molar-refractivity contribution in [2.45, 2.75) is 51.9 Å². The molecule has 0 N–H and O–H groups in total. The summed E-state index contributed by atoms with van der Waals surface area (Å²) in [5.74, 6) is 0. The fraction of sp³-hybridized carbons (Fsp3) is 0.667. The normalized spacial score (nSPS) is 17.4. The first kappa shape index (κ1) is 12.0. The number of nitrogens with zero attached hydrogens (tertiary/aromatic N) is 1. The van der Waals surface area contributed by atoms with Crippen LogP contribution in [0.15, 0.2) is 23.4 Å². The molecule has 0 saturated heterocycles. The van der Waals surface area contributed by atoms with Crippen molar-refractivity contribution in [1.82, 2.24) is 0 Å². The molecule has 0 heterocycles. The van der Waals surface area contributed by atoms with Crippen molar-refractivity contribution in [3.05, 3.63) is 33.5 Å². The molecule has 0 spiro atoms. The van der Waals surface area contributed by atoms with Crippen molar-refractivity contribution in [2.75, 3.05) is 0 Å². The largest absolute Gasteiger partial charge is 0.259 e. The summed E-state index contributed by atoms with van der Waals surface area (Å²) in [6.07, 6.45) is 11.0. The highest BCUT2D eigenvalue weighted by molar-refractivity contribution is 5.23. The summed E-state index contributed by atoms with van der Waals surface area (Å²) in [6.45, 7) is 2.15. The minimum atomic E-state index is -0.210. The number of rotatable bonds is 5. The van der Waals surface area contributed by atoms with E-state index in [9.17, 15) is 10.1 Å². The highest BCUT2D eigenvalue weighted by atomic mass is 16.6. The molecule has 0 saturated carbocycles. The molecule has 1 rings (SSSR count). The Hall–Kier alpha value is -1.12. The summed E-state index contributed by atoms with van der Waals surface area (Å²) < 4.78 is 0. The fourth-order valence-electron chi connectivity index (χ4n) is 1.85. The Morgan fingerprint density at radius 3 is 2.80 bits per heavy atom. The quantitative estimate of drug-likeness (QED) is 0.392. The zero-order chi connectivity index (χ0) is 11.1. The average Bonchev–Trinajstić information content (AvgIpc) is 2.25. The Balaban J connectivity index is 2.62. The summed E-state index contributed by atoms with van der Waals surface area (Å²) >= 11 is 0. The average molecular weight is 209 g/mol. The first-order chi connectivity index (χ1) is 7.25. The lowest BCUT2D eigenvalue weighted by Gasteiger charge is -2.10. The van der Waals surface area contributed by atoms with Crippen molar-refractivity contribution in [2.24, 2.45) is 0 Å². The molecule has 3 heteroatoms. The third-order valence-electron chi connectivity index (χ3n) is 2.74. The second kappa shape index (κ2) is 6.38. The molecule has 0 radical (unpaired) electrons. The lowest BCUT2D eigenvalue weighted by atomic mass is 9.96. The van der Waals surface area contributed by atoms with Gasteiger partial charge in [-0.05, 0) is 25.7 Å². The van der Waals surface area contributed by atoms with Crippen LogP contribution >= 0.6 is 0 Å². The molecule has 0 fully saturated rings. The predicted molar refractivity (Wildman–Crippen MR) is 61.2 cm³/mol. The van der Waals surface area contributed by atoms with Crippen LogP contribution in [0.25, 0.3) is 0 Å². The van der Waals surface area contributed by atoms with Crippen molar-refractivity contribution in [1.29, 1.82) is 0 Å². The van der Waals surface area contributed by atoms with E-state index in [0.717, 1.165) is 37.7 Å². The molecule has 0 aromatic carbocycles. The van der Waals surface area contributed by atoms with Gasteiger partial charge in [0.25, 0.3) is 0 Å². The molecule has 3 nitrogen and oxygen atoms in total. The van der Waals surface area contributed by atoms with Crippen molar-refractivity contribution >= 4 is 0 Å². The van der Waals surface area contributed by atoms with Crippen LogP contribution in [-0.2, 0) is 0 Å². The zero-order valence-electron chi connectivity index (χ0n) is 9.37. The number of hydrogen-bond donors (Lipinski definition) is 0. The Morgan fingerprint density at radius 2 is 2.13 bits per heavy atom. The molecular formula is C12H19NO2. The minimum absolute atomic E-state index is 0.210. The smallest absolute Gasteiger partial charge is 0.249 e. The standard InChI is InChI=1S/C12H19NO2/c1-2-3-4-5-8-11-9-6-7-10-12(11)13(14)15/h5,8H,2-4,6-7,9-10H2,1H3/b8-5+. The molecule has 15 heavy (non-hydrogen) atoms. The maximum Gasteiger partial charge on any atom is 0.249 e. The van der Waals surface area contributed by atoms with Crippen LogP contribution in [0.5, 0.6) is 0 Å². The lowest BCUT2D eigenvalue weighted by molar-refractivity contribution is -0.429. The van der Waals surface area contributed by atoms with E-state index in [1.165, 1.54) is 6.42 Å². The number of allylic oxidation sites excluding steroid dienone is 4. The lowest BCUT2D eigenvalue weighted by Crippen LogP contribution is -2.06. The van der Waals surface area contributed by atoms with Gasteiger partial charge in [0.05, 0.1) is 4.92 Å². The first-order valence-corrected chi connectivity index (χ1v) is 5.78. The molecule has 0 aromatic rings. The Bertz CT molecular complexity index is 279. The summed E-state index contributed by atoms with van der Waals surface area (Å²) in [6, 6.07) is 0. The summed E-state index contributed by atoms with van der Waals surface area (Å²) in [7, 11) is 0. The van der Waals surface area contributed by atoms with Crippen LogP contribution in [0.1, 0.15) is 51.9 Å². The molecule has 0 unspecified atom stereocenters. The molecule has 0 amide bonds. The topological polar surface area (TPSA) is 43.1 Å². The van der Waals surface area contributed by atoms with E-state index in [1.54, 1.807) is 0 Å². The van der Waals surface area contributed by atoms with Gasteiger partial charge in [0, 0.05) is 12.0 Å². The van der Waals surface area contributed by atoms with Gasteiger partial charge in [-0.25, -0.2) is 0 Å². The van der Waals surface area contributed by atoms with Crippen LogP contribution in [0.2, 0.25) is 0 Å². The molecule has 1 aliphatic carbocycles. The van der Waals surface area contributed by atoms with Gasteiger partial charge in [-0.2, -0.15) is 0 Å². The third-order valence-corrected chi connectivity index (χ3v) is 2.74. The summed E-state index contributed by atoms with van der Waals surface area (Å²) in [4.78, 5) is 10.6. The maximum absolute atomic E-state index is 10.8. The van der Waals surface area contributed by atoms with Gasteiger partial charge >= 0.3 is 0 Å². The van der Waals surface area contributed by atoms with E-state index in [1.807, 2.05) is 6.08 Å². The van der Waals surface area contributed by atoms with E-state index in [2.05, 4.69) is 13.0 Å². The molecule has 0 bridgehead atoms. The molecular weight excluding hydrogens is 190 g/mol. The van der Waals surface area contributed by atoms with Gasteiger partial charge in [0.15, 0.2) is 0 Å². The van der Waals surface area contributed by atoms with Crippen molar-refractivity contribution in [3.8, 4) is 0 Å². The minimum Gasteiger partial charge on any atom is -0.259 e. The van der Waals surface area contributed by atoms with Crippen molar-refractivity contribution in [3.63, 3.8) is 0 Å². The highest BCUT2D eigenvalue weighted by Crippen LogP contribution is 2.25. The second-order valence-electron chi connectivity index (χ2n) is 3.98. The molecule has 0 aromatic heterocycles. The predicted octanol–water partition coefficient (Wildman–Crippen LogP) is 3.84. The van der Waals surface area contributed by atoms with Gasteiger partial charge in [-0.15, -0.1) is 0 Å². The van der Waals surface area contributed by atoms with E-state index in [0.29, 0.717) is 12.1 Å². The highest BCUT2D eigenvalue weighted by Gasteiger charge is 2.19. The Kier molecular flexibility index (Phi) is 5.08. The van der Waals surface area contributed by atoms with Gasteiger partial charge in [-0.3, -0.25) is 10.1 Å². The van der Waals surface area contributed by atoms with E-state index < -0.39 is 0 Å². The number of unbranched alkanes of at least 4 members (excludes halogenated alkanes) is 2. The van der Waals surface area contributed by atoms with E-state index in [-0.39, 0.29) is 4.92 Å². The van der Waals surface area contributed by atoms with Gasteiger partial charge in [0.1, 0.15) is 0 Å². The zero-order valence-corrected chi connectivity index (χ0v) is 9.37. The van der Waals surface area contributed by atoms with Crippen LogP contribution in [0.4, 0.5) is 0 Å². The summed E-state index contributed by atoms with van der Waals surface area (Å²) in [5, 5.41) is 10.8. The maximum atomic E-state index is 10.8. The van der Waals surface area contributed by atoms with Crippen LogP contribution in [0.3, 0.4) is 0 Å².